The fourth-order valence-corrected chi connectivity index (χ4v) is 10.4. The number of hydrogen-bond acceptors (Lipinski definition) is 2. The lowest BCUT2D eigenvalue weighted by Gasteiger charge is -2.19. The van der Waals surface area contributed by atoms with Crippen molar-refractivity contribution in [1.29, 1.82) is 0 Å². The van der Waals surface area contributed by atoms with E-state index in [-0.39, 0.29) is 0 Å². The molecule has 0 amide bonds. The van der Waals surface area contributed by atoms with Crippen LogP contribution < -0.4 is 0 Å². The summed E-state index contributed by atoms with van der Waals surface area (Å²) >= 11 is 1.86. The largest absolute Gasteiger partial charge is 0.455 e. The summed E-state index contributed by atoms with van der Waals surface area (Å²) in [5.41, 5.74) is 9.33. The van der Waals surface area contributed by atoms with Crippen molar-refractivity contribution in [2.75, 3.05) is 0 Å². The molecule has 0 radical (unpaired) electrons. The highest BCUT2D eigenvalue weighted by molar-refractivity contribution is 7.27. The van der Waals surface area contributed by atoms with Gasteiger partial charge in [0.05, 0.1) is 0 Å². The molecule has 250 valence electrons. The lowest BCUT2D eigenvalue weighted by molar-refractivity contribution is 0.673. The number of hydrogen-bond donors (Lipinski definition) is 0. The van der Waals surface area contributed by atoms with E-state index in [2.05, 4.69) is 182 Å². The molecule has 12 rings (SSSR count). The van der Waals surface area contributed by atoms with Crippen molar-refractivity contribution in [3.05, 3.63) is 182 Å². The predicted octanol–water partition coefficient (Wildman–Crippen LogP) is 15.6. The second-order valence-electron chi connectivity index (χ2n) is 14.3. The maximum atomic E-state index is 6.83. The normalized spacial score (nSPS) is 12.1. The molecule has 10 aromatic carbocycles. The van der Waals surface area contributed by atoms with Crippen LogP contribution in [-0.2, 0) is 0 Å². The molecule has 54 heavy (non-hydrogen) atoms. The SMILES string of the molecule is c1ccc(-c2c3ccccc3c(-c3ccc(-c4ccc5oc6c(c5c4)c4ccccc4c4sc5ccccc5c64)c4ccccc34)c3ccccc23)cc1. The van der Waals surface area contributed by atoms with Gasteiger partial charge in [0.15, 0.2) is 0 Å². The summed E-state index contributed by atoms with van der Waals surface area (Å²) in [6, 6.07) is 66.5. The van der Waals surface area contributed by atoms with Crippen LogP contribution in [0.2, 0.25) is 0 Å². The molecule has 2 heteroatoms. The van der Waals surface area contributed by atoms with Gasteiger partial charge >= 0.3 is 0 Å². The van der Waals surface area contributed by atoms with E-state index in [9.17, 15) is 0 Å². The van der Waals surface area contributed by atoms with Crippen molar-refractivity contribution in [2.24, 2.45) is 0 Å². The summed E-state index contributed by atoms with van der Waals surface area (Å²) in [5, 5.41) is 14.9. The van der Waals surface area contributed by atoms with Crippen molar-refractivity contribution in [1.82, 2.24) is 0 Å². The van der Waals surface area contributed by atoms with Crippen LogP contribution in [0, 0.1) is 0 Å². The summed E-state index contributed by atoms with van der Waals surface area (Å²) < 4.78 is 9.40. The van der Waals surface area contributed by atoms with Gasteiger partial charge in [-0.1, -0.05) is 164 Å². The van der Waals surface area contributed by atoms with Gasteiger partial charge in [0.2, 0.25) is 0 Å². The van der Waals surface area contributed by atoms with Gasteiger partial charge in [-0.3, -0.25) is 0 Å². The average Bonchev–Trinajstić information content (AvgIpc) is 3.82. The van der Waals surface area contributed by atoms with Crippen LogP contribution in [0.1, 0.15) is 0 Å². The third-order valence-electron chi connectivity index (χ3n) is 11.4. The van der Waals surface area contributed by atoms with Gasteiger partial charge in [0.1, 0.15) is 11.2 Å². The summed E-state index contributed by atoms with van der Waals surface area (Å²) in [7, 11) is 0. The van der Waals surface area contributed by atoms with Gasteiger partial charge in [-0.05, 0) is 89.3 Å². The molecule has 12 aromatic rings. The van der Waals surface area contributed by atoms with Gasteiger partial charge in [-0.25, -0.2) is 0 Å². The quantitative estimate of drug-likeness (QED) is 0.167. The van der Waals surface area contributed by atoms with Crippen LogP contribution in [-0.4, -0.2) is 0 Å². The van der Waals surface area contributed by atoms with Crippen LogP contribution >= 0.6 is 11.3 Å². The Hall–Kier alpha value is -6.74. The molecule has 0 spiro atoms. The minimum atomic E-state index is 0.916. The average molecular weight is 703 g/mol. The van der Waals surface area contributed by atoms with Crippen molar-refractivity contribution in [3.63, 3.8) is 0 Å². The molecular formula is C52H30OS. The van der Waals surface area contributed by atoms with Crippen molar-refractivity contribution >= 4 is 96.5 Å². The predicted molar refractivity (Wildman–Crippen MR) is 233 cm³/mol. The molecular weight excluding hydrogens is 673 g/mol. The zero-order valence-electron chi connectivity index (χ0n) is 29.1. The fraction of sp³-hybridized carbons (Fsp3) is 0. The Bertz CT molecular complexity index is 3440. The van der Waals surface area contributed by atoms with Crippen LogP contribution in [0.5, 0.6) is 0 Å². The van der Waals surface area contributed by atoms with Gasteiger partial charge < -0.3 is 4.42 Å². The molecule has 0 atom stereocenters. The van der Waals surface area contributed by atoms with Crippen LogP contribution in [0.4, 0.5) is 0 Å². The Morgan fingerprint density at radius 2 is 0.870 bits per heavy atom. The molecule has 1 nitrogen and oxygen atoms in total. The molecule has 0 aliphatic rings. The first-order valence-corrected chi connectivity index (χ1v) is 19.3. The molecule has 0 aliphatic carbocycles. The van der Waals surface area contributed by atoms with Crippen LogP contribution in [0.25, 0.3) is 119 Å². The number of furan rings is 1. The summed E-state index contributed by atoms with van der Waals surface area (Å²) in [6.45, 7) is 0. The lowest BCUT2D eigenvalue weighted by atomic mass is 9.84. The Balaban J connectivity index is 1.13. The Morgan fingerprint density at radius 1 is 0.333 bits per heavy atom. The van der Waals surface area contributed by atoms with Gasteiger partial charge in [0.25, 0.3) is 0 Å². The molecule has 2 aromatic heterocycles. The standard InChI is InChI=1S/C52H30OS/c1-2-14-31(15-3-1)47-36-18-6-8-20-38(36)48(39-21-9-7-19-37(39)47)41-28-27-33(34-16-4-5-17-35(34)41)32-26-29-45-44(30-32)49-40-22-10-11-23-42(40)52-50(51(49)53-45)43-24-12-13-25-46(43)54-52/h1-30H. The van der Waals surface area contributed by atoms with Crippen molar-refractivity contribution < 1.29 is 4.42 Å². The maximum Gasteiger partial charge on any atom is 0.145 e. The minimum absolute atomic E-state index is 0.916. The highest BCUT2D eigenvalue weighted by Crippen LogP contribution is 2.49. The zero-order valence-corrected chi connectivity index (χ0v) is 30.0. The van der Waals surface area contributed by atoms with E-state index in [1.54, 1.807) is 0 Å². The maximum absolute atomic E-state index is 6.83. The molecule has 0 fully saturated rings. The van der Waals surface area contributed by atoms with Crippen molar-refractivity contribution in [2.45, 2.75) is 0 Å². The summed E-state index contributed by atoms with van der Waals surface area (Å²) in [5.74, 6) is 0. The van der Waals surface area contributed by atoms with Gasteiger partial charge in [0, 0.05) is 36.3 Å². The lowest BCUT2D eigenvalue weighted by Crippen LogP contribution is -1.92. The molecule has 0 bridgehead atoms. The fourth-order valence-electron chi connectivity index (χ4n) is 9.17. The second kappa shape index (κ2) is 11.4. The van der Waals surface area contributed by atoms with Gasteiger partial charge in [-0.15, -0.1) is 11.3 Å². The highest BCUT2D eigenvalue weighted by Gasteiger charge is 2.22. The number of benzene rings is 10. The van der Waals surface area contributed by atoms with E-state index >= 15 is 0 Å². The molecule has 0 unspecified atom stereocenters. The summed E-state index contributed by atoms with van der Waals surface area (Å²) in [6.07, 6.45) is 0. The van der Waals surface area contributed by atoms with E-state index < -0.39 is 0 Å². The minimum Gasteiger partial charge on any atom is -0.455 e. The molecule has 0 aliphatic heterocycles. The third kappa shape index (κ3) is 4.14. The first kappa shape index (κ1) is 29.8. The van der Waals surface area contributed by atoms with E-state index in [4.69, 9.17) is 4.42 Å². The topological polar surface area (TPSA) is 13.1 Å². The number of thiophene rings is 1. The van der Waals surface area contributed by atoms with E-state index in [0.717, 1.165) is 16.6 Å². The number of fused-ring (bicyclic) bond motifs is 13. The zero-order chi connectivity index (χ0) is 35.3. The Labute approximate surface area is 314 Å². The molecule has 0 N–H and O–H groups in total. The smallest absolute Gasteiger partial charge is 0.145 e. The first-order valence-electron chi connectivity index (χ1n) is 18.5. The molecule has 0 saturated carbocycles. The summed E-state index contributed by atoms with van der Waals surface area (Å²) in [4.78, 5) is 0. The Morgan fingerprint density at radius 3 is 1.57 bits per heavy atom. The van der Waals surface area contributed by atoms with Crippen LogP contribution in [0.15, 0.2) is 186 Å². The molecule has 0 saturated heterocycles. The van der Waals surface area contributed by atoms with Crippen molar-refractivity contribution in [3.8, 4) is 33.4 Å². The Kier molecular flexibility index (Phi) is 6.28. The monoisotopic (exact) mass is 702 g/mol. The first-order chi connectivity index (χ1) is 26.8. The van der Waals surface area contributed by atoms with E-state index in [0.29, 0.717) is 0 Å². The highest BCUT2D eigenvalue weighted by atomic mass is 32.1. The van der Waals surface area contributed by atoms with Crippen LogP contribution in [0.3, 0.4) is 0 Å². The number of rotatable bonds is 3. The second-order valence-corrected chi connectivity index (χ2v) is 15.3. The van der Waals surface area contributed by atoms with E-state index in [1.807, 2.05) is 11.3 Å². The van der Waals surface area contributed by atoms with Gasteiger partial charge in [-0.2, -0.15) is 0 Å². The van der Waals surface area contributed by atoms with E-state index in [1.165, 1.54) is 102 Å². The molecule has 2 heterocycles. The third-order valence-corrected chi connectivity index (χ3v) is 12.7.